The van der Waals surface area contributed by atoms with Gasteiger partial charge in [-0.3, -0.25) is 0 Å². The number of para-hydroxylation sites is 1. The third-order valence-corrected chi connectivity index (χ3v) is 12.8. The quantitative estimate of drug-likeness (QED) is 0.137. The van der Waals surface area contributed by atoms with Gasteiger partial charge in [0.05, 0.1) is 11.1 Å². The average molecular weight is 857 g/mol. The molecule has 1 aromatic heterocycles. The third-order valence-electron chi connectivity index (χ3n) is 12.8. The molecular weight excluding hydrogens is 813 g/mol. The summed E-state index contributed by atoms with van der Waals surface area (Å²) in [6.07, 6.45) is 0. The van der Waals surface area contributed by atoms with Crippen LogP contribution < -0.4 is 9.80 Å². The minimum Gasteiger partial charge on any atom is -0.456 e. The van der Waals surface area contributed by atoms with Gasteiger partial charge in [0.2, 0.25) is 0 Å². The molecule has 0 radical (unpaired) electrons. The lowest BCUT2D eigenvalue weighted by molar-refractivity contribution is 0.669. The van der Waals surface area contributed by atoms with Crippen molar-refractivity contribution in [3.63, 3.8) is 0 Å². The van der Waals surface area contributed by atoms with Crippen molar-refractivity contribution < 1.29 is 4.42 Å². The summed E-state index contributed by atoms with van der Waals surface area (Å²) in [5, 5.41) is 4.54. The highest BCUT2D eigenvalue weighted by atomic mass is 16.3. The van der Waals surface area contributed by atoms with Gasteiger partial charge >= 0.3 is 0 Å². The molecule has 0 saturated carbocycles. The average Bonchev–Trinajstić information content (AvgIpc) is 3.80. The molecule has 0 spiro atoms. The van der Waals surface area contributed by atoms with E-state index in [1.165, 1.54) is 38.6 Å². The molecule has 1 heterocycles. The highest BCUT2D eigenvalue weighted by Gasteiger charge is 2.23. The van der Waals surface area contributed by atoms with Crippen LogP contribution in [0.2, 0.25) is 0 Å². The minimum atomic E-state index is 0.842. The smallest absolute Gasteiger partial charge is 0.137 e. The van der Waals surface area contributed by atoms with Crippen LogP contribution in [0.1, 0.15) is 0 Å². The van der Waals surface area contributed by atoms with Gasteiger partial charge in [-0.05, 0) is 134 Å². The molecule has 316 valence electrons. The van der Waals surface area contributed by atoms with Gasteiger partial charge in [0.1, 0.15) is 11.2 Å². The zero-order valence-electron chi connectivity index (χ0n) is 36.7. The fraction of sp³-hybridized carbons (Fsp3) is 0. The Morgan fingerprint density at radius 1 is 0.239 bits per heavy atom. The van der Waals surface area contributed by atoms with Crippen molar-refractivity contribution in [2.75, 3.05) is 9.80 Å². The molecule has 3 heteroatoms. The summed E-state index contributed by atoms with van der Waals surface area (Å²) in [6, 6.07) is 95.8. The van der Waals surface area contributed by atoms with E-state index in [4.69, 9.17) is 4.42 Å². The molecule has 0 amide bonds. The van der Waals surface area contributed by atoms with E-state index in [9.17, 15) is 0 Å². The summed E-state index contributed by atoms with van der Waals surface area (Å²) in [5.41, 5.74) is 17.2. The van der Waals surface area contributed by atoms with Crippen molar-refractivity contribution in [1.29, 1.82) is 0 Å². The second kappa shape index (κ2) is 17.2. The maximum atomic E-state index is 6.55. The van der Waals surface area contributed by atoms with Crippen LogP contribution in [0.4, 0.5) is 34.1 Å². The van der Waals surface area contributed by atoms with Crippen LogP contribution in [0.5, 0.6) is 0 Å². The van der Waals surface area contributed by atoms with Crippen molar-refractivity contribution in [2.24, 2.45) is 0 Å². The second-order valence-corrected chi connectivity index (χ2v) is 17.0. The number of benzene rings is 11. The number of hydrogen-bond acceptors (Lipinski definition) is 3. The van der Waals surface area contributed by atoms with Gasteiger partial charge < -0.3 is 14.2 Å². The Kier molecular flexibility index (Phi) is 10.2. The zero-order chi connectivity index (χ0) is 44.5. The lowest BCUT2D eigenvalue weighted by Gasteiger charge is -2.31. The first-order chi connectivity index (χ1) is 33.2. The Hall–Kier alpha value is -8.92. The second-order valence-electron chi connectivity index (χ2n) is 17.0. The van der Waals surface area contributed by atoms with Crippen LogP contribution in [0.15, 0.2) is 271 Å². The summed E-state index contributed by atoms with van der Waals surface area (Å²) < 4.78 is 6.55. The van der Waals surface area contributed by atoms with Crippen molar-refractivity contribution in [2.45, 2.75) is 0 Å². The first-order valence-corrected chi connectivity index (χ1v) is 22.8. The Bertz CT molecular complexity index is 3570. The first-order valence-electron chi connectivity index (χ1n) is 22.8. The summed E-state index contributed by atoms with van der Waals surface area (Å²) in [4.78, 5) is 4.80. The Labute approximate surface area is 390 Å². The number of anilines is 6. The SMILES string of the molecule is c1ccc(-c2ccc(N(c3ccc(-c4ccccc4)cc3)c3cc(-c4ccc5ccccc5c4)cc(N(c4ccc(-c5ccccc5)cc4)c4cccc5oc6ccccc6c45)c3)cc2)cc1. The topological polar surface area (TPSA) is 19.6 Å². The Morgan fingerprint density at radius 2 is 0.672 bits per heavy atom. The number of rotatable bonds is 10. The molecule has 0 saturated heterocycles. The van der Waals surface area contributed by atoms with E-state index in [-0.39, 0.29) is 0 Å². The molecule has 0 N–H and O–H groups in total. The van der Waals surface area contributed by atoms with Crippen LogP contribution in [-0.4, -0.2) is 0 Å². The van der Waals surface area contributed by atoms with Gasteiger partial charge in [-0.15, -0.1) is 0 Å². The molecule has 0 aliphatic rings. The highest BCUT2D eigenvalue weighted by Crippen LogP contribution is 2.47. The van der Waals surface area contributed by atoms with E-state index in [0.29, 0.717) is 0 Å². The molecule has 67 heavy (non-hydrogen) atoms. The van der Waals surface area contributed by atoms with Crippen molar-refractivity contribution >= 4 is 66.8 Å². The molecule has 0 aliphatic carbocycles. The van der Waals surface area contributed by atoms with Gasteiger partial charge in [0, 0.05) is 33.8 Å². The van der Waals surface area contributed by atoms with E-state index in [1.54, 1.807) is 0 Å². The van der Waals surface area contributed by atoms with Gasteiger partial charge in [-0.25, -0.2) is 0 Å². The predicted octanol–water partition coefficient (Wildman–Crippen LogP) is 18.3. The lowest BCUT2D eigenvalue weighted by atomic mass is 9.98. The lowest BCUT2D eigenvalue weighted by Crippen LogP contribution is -2.14. The molecule has 12 rings (SSSR count). The normalized spacial score (nSPS) is 11.3. The summed E-state index contributed by atoms with van der Waals surface area (Å²) >= 11 is 0. The maximum absolute atomic E-state index is 6.55. The molecular formula is C64H44N2O. The molecule has 0 atom stereocenters. The third kappa shape index (κ3) is 7.69. The molecule has 0 unspecified atom stereocenters. The summed E-state index contributed by atoms with van der Waals surface area (Å²) in [7, 11) is 0. The van der Waals surface area contributed by atoms with Gasteiger partial charge in [0.15, 0.2) is 0 Å². The van der Waals surface area contributed by atoms with Crippen LogP contribution in [0.3, 0.4) is 0 Å². The summed E-state index contributed by atoms with van der Waals surface area (Å²) in [5.74, 6) is 0. The number of fused-ring (bicyclic) bond motifs is 4. The van der Waals surface area contributed by atoms with Gasteiger partial charge in [-0.1, -0.05) is 188 Å². The number of furan rings is 1. The molecule has 0 bridgehead atoms. The van der Waals surface area contributed by atoms with Crippen LogP contribution >= 0.6 is 0 Å². The maximum Gasteiger partial charge on any atom is 0.137 e. The summed E-state index contributed by atoms with van der Waals surface area (Å²) in [6.45, 7) is 0. The van der Waals surface area contributed by atoms with E-state index >= 15 is 0 Å². The van der Waals surface area contributed by atoms with Crippen molar-refractivity contribution in [3.8, 4) is 44.5 Å². The van der Waals surface area contributed by atoms with E-state index in [0.717, 1.165) is 72.8 Å². The zero-order valence-corrected chi connectivity index (χ0v) is 36.7. The van der Waals surface area contributed by atoms with Crippen molar-refractivity contribution in [1.82, 2.24) is 0 Å². The highest BCUT2D eigenvalue weighted by molar-refractivity contribution is 6.13. The standard InChI is InChI=1S/C64H44N2O/c1-4-15-45(16-5-1)49-29-35-55(36-30-49)65(56-37-31-50(32-38-56)46-17-6-2-7-18-46)58-42-54(53-28-27-48-21-10-11-22-52(48)41-53)43-59(44-58)66(57-39-33-51(34-40-57)47-19-8-3-9-20-47)61-24-14-26-63-64(61)60-23-12-13-25-62(60)67-63/h1-44H. The predicted molar refractivity (Wildman–Crippen MR) is 282 cm³/mol. The van der Waals surface area contributed by atoms with E-state index < -0.39 is 0 Å². The first kappa shape index (κ1) is 39.7. The monoisotopic (exact) mass is 856 g/mol. The Balaban J connectivity index is 1.11. The van der Waals surface area contributed by atoms with Crippen LogP contribution in [0.25, 0.3) is 77.2 Å². The van der Waals surface area contributed by atoms with E-state index in [2.05, 4.69) is 271 Å². The van der Waals surface area contributed by atoms with Gasteiger partial charge in [-0.2, -0.15) is 0 Å². The molecule has 0 fully saturated rings. The van der Waals surface area contributed by atoms with Gasteiger partial charge in [0.25, 0.3) is 0 Å². The van der Waals surface area contributed by atoms with Crippen LogP contribution in [-0.2, 0) is 0 Å². The molecule has 0 aliphatic heterocycles. The molecule has 11 aromatic carbocycles. The minimum absolute atomic E-state index is 0.842. The fourth-order valence-electron chi connectivity index (χ4n) is 9.51. The molecule has 12 aromatic rings. The largest absolute Gasteiger partial charge is 0.456 e. The van der Waals surface area contributed by atoms with E-state index in [1.807, 2.05) is 6.07 Å². The number of hydrogen-bond donors (Lipinski definition) is 0. The van der Waals surface area contributed by atoms with Crippen molar-refractivity contribution in [3.05, 3.63) is 267 Å². The fourth-order valence-corrected chi connectivity index (χ4v) is 9.51. The van der Waals surface area contributed by atoms with Crippen LogP contribution in [0, 0.1) is 0 Å². The Morgan fingerprint density at radius 3 is 1.24 bits per heavy atom. The number of nitrogens with zero attached hydrogens (tertiary/aromatic N) is 2. The molecule has 3 nitrogen and oxygen atoms in total.